The van der Waals surface area contributed by atoms with Gasteiger partial charge in [-0.2, -0.15) is 11.2 Å². The fraction of sp³-hybridized carbons (Fsp3) is 1.00. The van der Waals surface area contributed by atoms with Crippen molar-refractivity contribution < 1.29 is 8.85 Å². The minimum atomic E-state index is -1.89. The summed E-state index contributed by atoms with van der Waals surface area (Å²) in [6.07, 6.45) is 1.22. The Balaban J connectivity index is 4.14. The molecule has 0 N–H and O–H groups in total. The first-order chi connectivity index (χ1) is 8.58. The second-order valence-corrected chi connectivity index (χ2v) is 19.2. The summed E-state index contributed by atoms with van der Waals surface area (Å²) in [5, 5.41) is 0.470. The molecule has 5 heteroatoms. The zero-order valence-electron chi connectivity index (χ0n) is 14.3. The van der Waals surface area contributed by atoms with Gasteiger partial charge in [-0.15, -0.1) is 0 Å². The maximum Gasteiger partial charge on any atom is 0.334 e. The van der Waals surface area contributed by atoms with Crippen molar-refractivity contribution in [2.24, 2.45) is 0 Å². The van der Waals surface area contributed by atoms with E-state index in [0.29, 0.717) is 5.04 Å². The average molecular weight is 323 g/mol. The van der Waals surface area contributed by atoms with Crippen LogP contribution >= 0.6 is 11.2 Å². The van der Waals surface area contributed by atoms with Crippen molar-refractivity contribution in [2.75, 3.05) is 19.0 Å². The van der Waals surface area contributed by atoms with Crippen molar-refractivity contribution in [3.8, 4) is 0 Å². The lowest BCUT2D eigenvalue weighted by Crippen LogP contribution is -2.39. The van der Waals surface area contributed by atoms with Gasteiger partial charge in [-0.05, 0) is 43.7 Å². The Kier molecular flexibility index (Phi) is 8.53. The van der Waals surface area contributed by atoms with E-state index < -0.39 is 15.8 Å². The second-order valence-electron chi connectivity index (χ2n) is 6.71. The standard InChI is InChI=1S/C14H34O2SSi2/c1-9-15-19(8,16-10-2)13-11-12-17-18(6,7)14(3,4)5/h9-13H2,1-8H3. The summed E-state index contributed by atoms with van der Waals surface area (Å²) in [4.78, 5) is 0. The Morgan fingerprint density at radius 2 is 1.42 bits per heavy atom. The predicted octanol–water partition coefficient (Wildman–Crippen LogP) is 5.26. The molecule has 0 aromatic rings. The van der Waals surface area contributed by atoms with Gasteiger partial charge in [0, 0.05) is 13.2 Å². The molecule has 0 heterocycles. The van der Waals surface area contributed by atoms with Crippen molar-refractivity contribution in [3.63, 3.8) is 0 Å². The third-order valence-electron chi connectivity index (χ3n) is 3.94. The monoisotopic (exact) mass is 322 g/mol. The SMILES string of the molecule is CCO[Si](C)(CCCS[Si](C)(C)C(C)(C)C)OCC. The van der Waals surface area contributed by atoms with Crippen LogP contribution in [0.1, 0.15) is 41.0 Å². The van der Waals surface area contributed by atoms with E-state index in [1.54, 1.807) is 0 Å². The van der Waals surface area contributed by atoms with Crippen LogP contribution in [0.15, 0.2) is 0 Å². The first kappa shape index (κ1) is 19.7. The second kappa shape index (κ2) is 8.22. The van der Waals surface area contributed by atoms with Crippen molar-refractivity contribution >= 4 is 27.0 Å². The maximum absolute atomic E-state index is 5.89. The molecule has 0 atom stereocenters. The summed E-state index contributed by atoms with van der Waals surface area (Å²) >= 11 is 2.21. The smallest absolute Gasteiger partial charge is 0.334 e. The van der Waals surface area contributed by atoms with Gasteiger partial charge in [0.05, 0.1) is 0 Å². The summed E-state index contributed by atoms with van der Waals surface area (Å²) in [6.45, 7) is 20.0. The molecule has 0 spiro atoms. The highest BCUT2D eigenvalue weighted by molar-refractivity contribution is 8.29. The normalized spacial score (nSPS) is 13.9. The Bertz CT molecular complexity index is 246. The largest absolute Gasteiger partial charge is 0.395 e. The molecule has 0 aromatic carbocycles. The van der Waals surface area contributed by atoms with Crippen LogP contribution in [0, 0.1) is 0 Å². The molecule has 0 saturated carbocycles. The Morgan fingerprint density at radius 3 is 1.79 bits per heavy atom. The summed E-state index contributed by atoms with van der Waals surface area (Å²) in [7, 11) is -3.08. The van der Waals surface area contributed by atoms with E-state index in [1.807, 2.05) is 0 Å². The maximum atomic E-state index is 5.89. The Hall–Kier alpha value is 0.704. The van der Waals surface area contributed by atoms with Gasteiger partial charge in [0.15, 0.2) is 0 Å². The zero-order valence-corrected chi connectivity index (χ0v) is 17.1. The van der Waals surface area contributed by atoms with Crippen LogP contribution in [0.5, 0.6) is 0 Å². The third kappa shape index (κ3) is 7.32. The van der Waals surface area contributed by atoms with Gasteiger partial charge in [-0.1, -0.05) is 33.9 Å². The molecule has 0 aliphatic heterocycles. The molecule has 116 valence electrons. The van der Waals surface area contributed by atoms with Crippen LogP contribution in [-0.4, -0.2) is 34.8 Å². The fourth-order valence-corrected chi connectivity index (χ4v) is 8.90. The van der Waals surface area contributed by atoms with Crippen LogP contribution in [0.3, 0.4) is 0 Å². The van der Waals surface area contributed by atoms with E-state index in [4.69, 9.17) is 8.85 Å². The van der Waals surface area contributed by atoms with Gasteiger partial charge >= 0.3 is 8.56 Å². The molecule has 0 fully saturated rings. The number of hydrogen-bond acceptors (Lipinski definition) is 3. The topological polar surface area (TPSA) is 18.5 Å². The first-order valence-corrected chi connectivity index (χ1v) is 14.7. The fourth-order valence-electron chi connectivity index (χ4n) is 1.73. The Morgan fingerprint density at radius 1 is 0.947 bits per heavy atom. The van der Waals surface area contributed by atoms with Crippen LogP contribution in [0.2, 0.25) is 30.7 Å². The van der Waals surface area contributed by atoms with Gasteiger partial charge in [-0.25, -0.2) is 0 Å². The highest BCUT2D eigenvalue weighted by atomic mass is 32.4. The molecule has 0 radical (unpaired) electrons. The van der Waals surface area contributed by atoms with E-state index >= 15 is 0 Å². The highest BCUT2D eigenvalue weighted by Crippen LogP contribution is 2.43. The molecule has 0 rings (SSSR count). The molecular weight excluding hydrogens is 288 g/mol. The van der Waals surface area contributed by atoms with Gasteiger partial charge < -0.3 is 8.85 Å². The molecule has 2 nitrogen and oxygen atoms in total. The predicted molar refractivity (Wildman–Crippen MR) is 93.9 cm³/mol. The van der Waals surface area contributed by atoms with Crippen LogP contribution in [-0.2, 0) is 8.85 Å². The minimum absolute atomic E-state index is 0.470. The van der Waals surface area contributed by atoms with Gasteiger partial charge in [0.1, 0.15) is 7.22 Å². The zero-order chi connectivity index (χ0) is 15.2. The lowest BCUT2D eigenvalue weighted by molar-refractivity contribution is 0.189. The molecule has 0 amide bonds. The summed E-state index contributed by atoms with van der Waals surface area (Å²) in [5.41, 5.74) is 0. The van der Waals surface area contributed by atoms with E-state index in [0.717, 1.165) is 19.3 Å². The van der Waals surface area contributed by atoms with E-state index in [9.17, 15) is 0 Å². The van der Waals surface area contributed by atoms with Gasteiger partial charge in [-0.3, -0.25) is 0 Å². The average Bonchev–Trinajstić information content (AvgIpc) is 2.23. The molecule has 0 aliphatic carbocycles. The molecule has 0 aliphatic rings. The molecule has 0 unspecified atom stereocenters. The minimum Gasteiger partial charge on any atom is -0.395 e. The van der Waals surface area contributed by atoms with Crippen LogP contribution < -0.4 is 0 Å². The van der Waals surface area contributed by atoms with E-state index in [2.05, 4.69) is 65.5 Å². The first-order valence-electron chi connectivity index (χ1n) is 7.50. The Labute approximate surface area is 126 Å². The van der Waals surface area contributed by atoms with Gasteiger partial charge in [0.25, 0.3) is 0 Å². The number of hydrogen-bond donors (Lipinski definition) is 0. The lowest BCUT2D eigenvalue weighted by Gasteiger charge is -2.36. The van der Waals surface area contributed by atoms with Crippen LogP contribution in [0.25, 0.3) is 0 Å². The molecule has 0 aromatic heterocycles. The summed E-state index contributed by atoms with van der Waals surface area (Å²) in [5.74, 6) is 1.25. The van der Waals surface area contributed by atoms with Crippen molar-refractivity contribution in [1.82, 2.24) is 0 Å². The number of rotatable bonds is 9. The lowest BCUT2D eigenvalue weighted by atomic mass is 10.2. The highest BCUT2D eigenvalue weighted by Gasteiger charge is 2.36. The molecule has 0 bridgehead atoms. The molecular formula is C14H34O2SSi2. The summed E-state index contributed by atoms with van der Waals surface area (Å²) < 4.78 is 11.8. The van der Waals surface area contributed by atoms with Crippen molar-refractivity contribution in [3.05, 3.63) is 0 Å². The quantitative estimate of drug-likeness (QED) is 0.426. The van der Waals surface area contributed by atoms with Crippen molar-refractivity contribution in [2.45, 2.75) is 71.8 Å². The molecule has 0 saturated heterocycles. The van der Waals surface area contributed by atoms with Crippen LogP contribution in [0.4, 0.5) is 0 Å². The van der Waals surface area contributed by atoms with E-state index in [1.165, 1.54) is 12.2 Å². The summed E-state index contributed by atoms with van der Waals surface area (Å²) in [6, 6.07) is 1.12. The van der Waals surface area contributed by atoms with Crippen molar-refractivity contribution in [1.29, 1.82) is 0 Å². The van der Waals surface area contributed by atoms with Gasteiger partial charge in [0.2, 0.25) is 0 Å². The molecule has 19 heavy (non-hydrogen) atoms. The third-order valence-corrected chi connectivity index (χ3v) is 16.4. The van der Waals surface area contributed by atoms with E-state index in [-0.39, 0.29) is 0 Å².